The van der Waals surface area contributed by atoms with Crippen molar-refractivity contribution >= 4 is 9.84 Å². The van der Waals surface area contributed by atoms with Crippen LogP contribution in [0.15, 0.2) is 59.5 Å². The molecule has 2 aromatic carbocycles. The van der Waals surface area contributed by atoms with Crippen molar-refractivity contribution in [2.24, 2.45) is 5.41 Å². The average molecular weight is 341 g/mol. The molecule has 1 fully saturated rings. The number of methoxy groups -OCH3 is 1. The van der Waals surface area contributed by atoms with Crippen LogP contribution in [0.1, 0.15) is 17.0 Å². The van der Waals surface area contributed by atoms with Gasteiger partial charge in [0.1, 0.15) is 5.41 Å². The summed E-state index contributed by atoms with van der Waals surface area (Å²) in [4.78, 5) is 0.257. The molecule has 1 aliphatic rings. The molecule has 0 aromatic heterocycles. The summed E-state index contributed by atoms with van der Waals surface area (Å²) in [7, 11) is -2.13. The largest absolute Gasteiger partial charge is 0.383 e. The van der Waals surface area contributed by atoms with Gasteiger partial charge in [-0.1, -0.05) is 48.0 Å². The third kappa shape index (κ3) is 2.52. The number of ether oxygens (including phenoxy) is 1. The molecule has 0 spiro atoms. The molecule has 0 N–H and O–H groups in total. The molecule has 24 heavy (non-hydrogen) atoms. The van der Waals surface area contributed by atoms with Crippen LogP contribution in [-0.4, -0.2) is 27.4 Å². The van der Waals surface area contributed by atoms with Gasteiger partial charge in [-0.2, -0.15) is 5.26 Å². The van der Waals surface area contributed by atoms with Crippen molar-refractivity contribution in [2.75, 3.05) is 13.7 Å². The highest BCUT2D eigenvalue weighted by atomic mass is 32.2. The summed E-state index contributed by atoms with van der Waals surface area (Å²) in [5, 5.41) is 8.96. The lowest BCUT2D eigenvalue weighted by Gasteiger charge is -2.08. The number of nitriles is 1. The topological polar surface area (TPSA) is 67.2 Å². The van der Waals surface area contributed by atoms with Crippen LogP contribution >= 0.6 is 0 Å². The van der Waals surface area contributed by atoms with Gasteiger partial charge < -0.3 is 4.74 Å². The molecule has 1 aliphatic carbocycles. The van der Waals surface area contributed by atoms with E-state index in [1.807, 2.05) is 37.3 Å². The quantitative estimate of drug-likeness (QED) is 0.838. The van der Waals surface area contributed by atoms with E-state index in [1.165, 1.54) is 7.11 Å². The normalized spacial score (nSPS) is 25.9. The number of benzene rings is 2. The van der Waals surface area contributed by atoms with Crippen LogP contribution in [0.3, 0.4) is 0 Å². The van der Waals surface area contributed by atoms with E-state index in [9.17, 15) is 13.7 Å². The molecule has 0 aliphatic heterocycles. The van der Waals surface area contributed by atoms with Crippen molar-refractivity contribution in [3.63, 3.8) is 0 Å². The summed E-state index contributed by atoms with van der Waals surface area (Å²) < 4.78 is 31.5. The van der Waals surface area contributed by atoms with Gasteiger partial charge in [0, 0.05) is 13.0 Å². The van der Waals surface area contributed by atoms with Crippen LogP contribution in [-0.2, 0) is 14.6 Å². The van der Waals surface area contributed by atoms with E-state index < -0.39 is 20.5 Å². The molecular formula is C19H19NO3S. The highest BCUT2D eigenvalue weighted by Crippen LogP contribution is 2.63. The lowest BCUT2D eigenvalue weighted by molar-refractivity contribution is 0.162. The van der Waals surface area contributed by atoms with E-state index >= 15 is 0 Å². The van der Waals surface area contributed by atoms with Crippen LogP contribution in [0.4, 0.5) is 0 Å². The number of hydrogen-bond acceptors (Lipinski definition) is 4. The molecule has 2 aromatic rings. The Balaban J connectivity index is 2.07. The summed E-state index contributed by atoms with van der Waals surface area (Å²) in [5.74, 6) is -0.380. The van der Waals surface area contributed by atoms with Gasteiger partial charge in [0.05, 0.1) is 22.8 Å². The van der Waals surface area contributed by atoms with E-state index in [0.29, 0.717) is 0 Å². The maximum absolute atomic E-state index is 13.1. The maximum atomic E-state index is 13.1. The smallest absolute Gasteiger partial charge is 0.183 e. The zero-order chi connectivity index (χ0) is 17.4. The number of rotatable bonds is 5. The second-order valence-electron chi connectivity index (χ2n) is 6.25. The Hall–Kier alpha value is -2.16. The monoisotopic (exact) mass is 341 g/mol. The summed E-state index contributed by atoms with van der Waals surface area (Å²) >= 11 is 0. The second-order valence-corrected chi connectivity index (χ2v) is 8.32. The van der Waals surface area contributed by atoms with E-state index in [0.717, 1.165) is 11.1 Å². The first-order chi connectivity index (χ1) is 11.5. The molecule has 1 saturated carbocycles. The van der Waals surface area contributed by atoms with Crippen molar-refractivity contribution in [1.29, 1.82) is 5.26 Å². The lowest BCUT2D eigenvalue weighted by Crippen LogP contribution is -2.19. The molecular weight excluding hydrogens is 322 g/mol. The second kappa shape index (κ2) is 6.04. The van der Waals surface area contributed by atoms with Gasteiger partial charge in [-0.3, -0.25) is 0 Å². The SMILES string of the molecule is COC[C@@]1(C#N)[C@H](c2ccccc2)[C@@H]1S(=O)(=O)c1ccc(C)cc1. The van der Waals surface area contributed by atoms with Crippen LogP contribution in [0.25, 0.3) is 0 Å². The van der Waals surface area contributed by atoms with E-state index in [2.05, 4.69) is 6.07 Å². The predicted molar refractivity (Wildman–Crippen MR) is 91.3 cm³/mol. The third-order valence-electron chi connectivity index (χ3n) is 4.69. The van der Waals surface area contributed by atoms with Gasteiger partial charge in [0.25, 0.3) is 0 Å². The number of sulfone groups is 1. The molecule has 0 radical (unpaired) electrons. The first-order valence-corrected chi connectivity index (χ1v) is 9.27. The maximum Gasteiger partial charge on any atom is 0.183 e. The number of hydrogen-bond donors (Lipinski definition) is 0. The molecule has 0 saturated heterocycles. The van der Waals surface area contributed by atoms with Crippen LogP contribution in [0.5, 0.6) is 0 Å². The fourth-order valence-corrected chi connectivity index (χ4v) is 5.75. The zero-order valence-corrected chi connectivity index (χ0v) is 14.5. The predicted octanol–water partition coefficient (Wildman–Crippen LogP) is 3.09. The summed E-state index contributed by atoms with van der Waals surface area (Å²) in [5.41, 5.74) is 0.810. The molecule has 0 bridgehead atoms. The van der Waals surface area contributed by atoms with Gasteiger partial charge in [0.2, 0.25) is 0 Å². The minimum Gasteiger partial charge on any atom is -0.383 e. The third-order valence-corrected chi connectivity index (χ3v) is 6.98. The van der Waals surface area contributed by atoms with Gasteiger partial charge >= 0.3 is 0 Å². The Morgan fingerprint density at radius 1 is 1.12 bits per heavy atom. The van der Waals surface area contributed by atoms with Crippen molar-refractivity contribution in [3.05, 3.63) is 65.7 Å². The first-order valence-electron chi connectivity index (χ1n) is 7.73. The van der Waals surface area contributed by atoms with Crippen molar-refractivity contribution in [3.8, 4) is 6.07 Å². The molecule has 4 nitrogen and oxygen atoms in total. The van der Waals surface area contributed by atoms with Crippen LogP contribution in [0.2, 0.25) is 0 Å². The molecule has 124 valence electrons. The summed E-state index contributed by atoms with van der Waals surface area (Å²) in [6, 6.07) is 18.3. The summed E-state index contributed by atoms with van der Waals surface area (Å²) in [6.45, 7) is 2.00. The highest BCUT2D eigenvalue weighted by molar-refractivity contribution is 7.92. The van der Waals surface area contributed by atoms with Gasteiger partial charge in [-0.15, -0.1) is 0 Å². The van der Waals surface area contributed by atoms with Gasteiger partial charge in [0.15, 0.2) is 9.84 Å². The molecule has 0 unspecified atom stereocenters. The Bertz CT molecular complexity index is 869. The van der Waals surface area contributed by atoms with E-state index in [4.69, 9.17) is 4.74 Å². The molecule has 0 heterocycles. The minimum absolute atomic E-state index is 0.0961. The summed E-state index contributed by atoms with van der Waals surface area (Å²) in [6.07, 6.45) is 0. The Morgan fingerprint density at radius 3 is 2.29 bits per heavy atom. The average Bonchev–Trinajstić information content (AvgIpc) is 3.26. The first kappa shape index (κ1) is 16.7. The fraction of sp³-hybridized carbons (Fsp3) is 0.316. The molecule has 3 rings (SSSR count). The fourth-order valence-electron chi connectivity index (χ4n) is 3.44. The molecule has 0 amide bonds. The Kier molecular flexibility index (Phi) is 4.20. The zero-order valence-electron chi connectivity index (χ0n) is 13.6. The van der Waals surface area contributed by atoms with Crippen molar-refractivity contribution in [1.82, 2.24) is 0 Å². The Morgan fingerprint density at radius 2 is 1.75 bits per heavy atom. The highest BCUT2D eigenvalue weighted by Gasteiger charge is 2.72. The number of nitrogens with zero attached hydrogens (tertiary/aromatic N) is 1. The molecule has 5 heteroatoms. The number of aryl methyl sites for hydroxylation is 1. The van der Waals surface area contributed by atoms with Gasteiger partial charge in [-0.25, -0.2) is 8.42 Å². The Labute approximate surface area is 142 Å². The van der Waals surface area contributed by atoms with Crippen LogP contribution in [0, 0.1) is 23.7 Å². The molecule has 3 atom stereocenters. The van der Waals surface area contributed by atoms with E-state index in [1.54, 1.807) is 24.3 Å². The van der Waals surface area contributed by atoms with E-state index in [-0.39, 0.29) is 17.4 Å². The van der Waals surface area contributed by atoms with Crippen molar-refractivity contribution < 1.29 is 13.2 Å². The lowest BCUT2D eigenvalue weighted by atomic mass is 10.0. The van der Waals surface area contributed by atoms with Crippen LogP contribution < -0.4 is 0 Å². The van der Waals surface area contributed by atoms with Gasteiger partial charge in [-0.05, 0) is 24.6 Å². The minimum atomic E-state index is -3.62. The standard InChI is InChI=1S/C19H19NO3S/c1-14-8-10-16(11-9-14)24(21,22)18-17(15-6-4-3-5-7-15)19(18,12-20)13-23-2/h3-11,17-18H,13H2,1-2H3/t17-,18+,19+/m1/s1. The van der Waals surface area contributed by atoms with Crippen molar-refractivity contribution in [2.45, 2.75) is 23.0 Å².